The number of carbonyl (C=O) groups excluding carboxylic acids is 1. The Balaban J connectivity index is 1.53. The van der Waals surface area contributed by atoms with E-state index in [1.807, 2.05) is 4.90 Å². The van der Waals surface area contributed by atoms with E-state index in [0.717, 1.165) is 83.4 Å². The summed E-state index contributed by atoms with van der Waals surface area (Å²) in [6.45, 7) is 18.2. The smallest absolute Gasteiger partial charge is 0.254 e. The first-order chi connectivity index (χ1) is 17.9. The summed E-state index contributed by atoms with van der Waals surface area (Å²) in [4.78, 5) is 18.0. The van der Waals surface area contributed by atoms with Crippen LogP contribution in [0, 0.1) is 27.7 Å². The SMILES string of the molecule is Cc1cccc(C)c1CNc1cc(C(=O)N2CCNCC2)cc2c(C)c(C)n(CCN3CCOCC3)c12. The van der Waals surface area contributed by atoms with E-state index >= 15 is 0 Å². The lowest BCUT2D eigenvalue weighted by molar-refractivity contribution is 0.0365. The average molecular weight is 504 g/mol. The lowest BCUT2D eigenvalue weighted by atomic mass is 10.0. The molecule has 2 fully saturated rings. The van der Waals surface area contributed by atoms with E-state index in [-0.39, 0.29) is 5.91 Å². The largest absolute Gasteiger partial charge is 0.379 e. The highest BCUT2D eigenvalue weighted by atomic mass is 16.5. The summed E-state index contributed by atoms with van der Waals surface area (Å²) in [6, 6.07) is 10.7. The van der Waals surface area contributed by atoms with Crippen molar-refractivity contribution in [2.45, 2.75) is 40.8 Å². The topological polar surface area (TPSA) is 61.8 Å². The number of amides is 1. The third-order valence-electron chi connectivity index (χ3n) is 8.23. The number of benzene rings is 2. The van der Waals surface area contributed by atoms with Crippen LogP contribution < -0.4 is 10.6 Å². The van der Waals surface area contributed by atoms with E-state index in [1.165, 1.54) is 38.9 Å². The predicted molar refractivity (Wildman–Crippen MR) is 151 cm³/mol. The molecule has 2 aliphatic heterocycles. The Hall–Kier alpha value is -2.87. The molecule has 0 atom stereocenters. The fourth-order valence-electron chi connectivity index (χ4n) is 5.74. The van der Waals surface area contributed by atoms with Gasteiger partial charge >= 0.3 is 0 Å². The molecule has 0 saturated carbocycles. The summed E-state index contributed by atoms with van der Waals surface area (Å²) in [5.74, 6) is 0.122. The van der Waals surface area contributed by atoms with E-state index in [4.69, 9.17) is 4.74 Å². The Bertz CT molecular complexity index is 1250. The molecule has 7 nitrogen and oxygen atoms in total. The number of hydrogen-bond acceptors (Lipinski definition) is 5. The van der Waals surface area contributed by atoms with Crippen LogP contribution in [0.15, 0.2) is 30.3 Å². The Labute approximate surface area is 220 Å². The summed E-state index contributed by atoms with van der Waals surface area (Å²) in [6.07, 6.45) is 0. The van der Waals surface area contributed by atoms with Crippen LogP contribution in [0.4, 0.5) is 5.69 Å². The minimum atomic E-state index is 0.122. The zero-order chi connectivity index (χ0) is 25.9. The average Bonchev–Trinajstić information content (AvgIpc) is 3.17. The maximum Gasteiger partial charge on any atom is 0.254 e. The van der Waals surface area contributed by atoms with Crippen LogP contribution in [0.2, 0.25) is 0 Å². The van der Waals surface area contributed by atoms with Gasteiger partial charge in [-0.05, 0) is 62.1 Å². The fourth-order valence-corrected chi connectivity index (χ4v) is 5.74. The molecule has 5 rings (SSSR count). The lowest BCUT2D eigenvalue weighted by Crippen LogP contribution is -2.46. The van der Waals surface area contributed by atoms with Crippen molar-refractivity contribution in [3.05, 3.63) is 63.8 Å². The van der Waals surface area contributed by atoms with Crippen LogP contribution in [-0.2, 0) is 17.8 Å². The van der Waals surface area contributed by atoms with Gasteiger partial charge in [0.15, 0.2) is 0 Å². The van der Waals surface area contributed by atoms with Gasteiger partial charge in [-0.1, -0.05) is 18.2 Å². The highest BCUT2D eigenvalue weighted by Gasteiger charge is 2.23. The maximum absolute atomic E-state index is 13.6. The second-order valence-corrected chi connectivity index (χ2v) is 10.5. The van der Waals surface area contributed by atoms with Crippen molar-refractivity contribution in [2.24, 2.45) is 0 Å². The van der Waals surface area contributed by atoms with E-state index in [9.17, 15) is 4.79 Å². The summed E-state index contributed by atoms with van der Waals surface area (Å²) in [5, 5.41) is 8.29. The zero-order valence-electron chi connectivity index (χ0n) is 22.8. The summed E-state index contributed by atoms with van der Waals surface area (Å²) >= 11 is 0. The van der Waals surface area contributed by atoms with E-state index < -0.39 is 0 Å². The number of aromatic nitrogens is 1. The van der Waals surface area contributed by atoms with Crippen LogP contribution in [0.3, 0.4) is 0 Å². The van der Waals surface area contributed by atoms with Crippen LogP contribution in [0.1, 0.15) is 38.3 Å². The summed E-state index contributed by atoms with van der Waals surface area (Å²) in [7, 11) is 0. The van der Waals surface area contributed by atoms with Gasteiger partial charge in [-0.3, -0.25) is 9.69 Å². The number of ether oxygens (including phenoxy) is 1. The van der Waals surface area contributed by atoms with Crippen molar-refractivity contribution in [1.82, 2.24) is 19.7 Å². The standard InChI is InChI=1S/C30H41N5O2/c1-21-6-5-7-22(2)27(21)20-32-28-19-25(30(36)34-10-8-31-9-11-34)18-26-23(3)24(4)35(29(26)28)13-12-33-14-16-37-17-15-33/h5-7,18-19,31-32H,8-17,20H2,1-4H3. The Kier molecular flexibility index (Phi) is 7.84. The minimum Gasteiger partial charge on any atom is -0.379 e. The van der Waals surface area contributed by atoms with Crippen molar-refractivity contribution in [3.8, 4) is 0 Å². The van der Waals surface area contributed by atoms with Crippen molar-refractivity contribution >= 4 is 22.5 Å². The number of piperazine rings is 1. The van der Waals surface area contributed by atoms with Gasteiger partial charge in [-0.15, -0.1) is 0 Å². The highest BCUT2D eigenvalue weighted by Crippen LogP contribution is 2.34. The molecule has 2 aromatic carbocycles. The molecule has 1 amide bonds. The highest BCUT2D eigenvalue weighted by molar-refractivity contribution is 6.04. The number of morpholine rings is 1. The Morgan fingerprint density at radius 3 is 2.38 bits per heavy atom. The molecule has 3 aromatic rings. The first-order valence-electron chi connectivity index (χ1n) is 13.7. The number of rotatable bonds is 7. The van der Waals surface area contributed by atoms with Crippen molar-refractivity contribution in [2.75, 3.05) is 64.3 Å². The number of aryl methyl sites for hydroxylation is 3. The van der Waals surface area contributed by atoms with E-state index in [2.05, 4.69) is 78.1 Å². The molecule has 2 saturated heterocycles. The number of fused-ring (bicyclic) bond motifs is 1. The third kappa shape index (κ3) is 5.40. The van der Waals surface area contributed by atoms with E-state index in [1.54, 1.807) is 0 Å². The first kappa shape index (κ1) is 25.8. The predicted octanol–water partition coefficient (Wildman–Crippen LogP) is 3.86. The second-order valence-electron chi connectivity index (χ2n) is 10.5. The third-order valence-corrected chi connectivity index (χ3v) is 8.23. The molecule has 1 aromatic heterocycles. The van der Waals surface area contributed by atoms with Gasteiger partial charge in [0, 0.05) is 75.5 Å². The van der Waals surface area contributed by atoms with E-state index in [0.29, 0.717) is 0 Å². The molecule has 3 heterocycles. The van der Waals surface area contributed by atoms with Gasteiger partial charge in [0.2, 0.25) is 0 Å². The summed E-state index contributed by atoms with van der Waals surface area (Å²) < 4.78 is 8.00. The second kappa shape index (κ2) is 11.3. The van der Waals surface area contributed by atoms with Gasteiger partial charge in [0.05, 0.1) is 24.4 Å². The molecule has 37 heavy (non-hydrogen) atoms. The fraction of sp³-hybridized carbons (Fsp3) is 0.500. The molecule has 2 aliphatic rings. The Morgan fingerprint density at radius 2 is 1.68 bits per heavy atom. The monoisotopic (exact) mass is 503 g/mol. The number of carbonyl (C=O) groups is 1. The van der Waals surface area contributed by atoms with Crippen LogP contribution >= 0.6 is 0 Å². The van der Waals surface area contributed by atoms with Crippen molar-refractivity contribution in [3.63, 3.8) is 0 Å². The number of nitrogens with one attached hydrogen (secondary N) is 2. The van der Waals surface area contributed by atoms with Gasteiger partial charge in [0.1, 0.15) is 0 Å². The quantitative estimate of drug-likeness (QED) is 0.513. The number of anilines is 1. The molecule has 198 valence electrons. The first-order valence-corrected chi connectivity index (χ1v) is 13.7. The van der Waals surface area contributed by atoms with Gasteiger partial charge in [-0.25, -0.2) is 0 Å². The molecule has 0 bridgehead atoms. The Morgan fingerprint density at radius 1 is 0.973 bits per heavy atom. The summed E-state index contributed by atoms with van der Waals surface area (Å²) in [5.41, 5.74) is 9.41. The molecular formula is C30H41N5O2. The molecule has 0 aliphatic carbocycles. The van der Waals surface area contributed by atoms with Crippen LogP contribution in [0.5, 0.6) is 0 Å². The van der Waals surface area contributed by atoms with Gasteiger partial charge in [-0.2, -0.15) is 0 Å². The van der Waals surface area contributed by atoms with Crippen molar-refractivity contribution < 1.29 is 9.53 Å². The zero-order valence-corrected chi connectivity index (χ0v) is 22.8. The molecule has 0 radical (unpaired) electrons. The van der Waals surface area contributed by atoms with Gasteiger partial charge in [0.25, 0.3) is 5.91 Å². The molecule has 7 heteroatoms. The van der Waals surface area contributed by atoms with Crippen LogP contribution in [0.25, 0.3) is 10.9 Å². The minimum absolute atomic E-state index is 0.122. The van der Waals surface area contributed by atoms with Crippen LogP contribution in [-0.4, -0.2) is 79.3 Å². The molecule has 0 unspecified atom stereocenters. The lowest BCUT2D eigenvalue weighted by Gasteiger charge is -2.28. The van der Waals surface area contributed by atoms with Gasteiger partial charge < -0.3 is 24.8 Å². The normalized spacial score (nSPS) is 16.9. The molecule has 0 spiro atoms. The molecule has 2 N–H and O–H groups in total. The number of hydrogen-bond donors (Lipinski definition) is 2. The number of nitrogens with zero attached hydrogens (tertiary/aromatic N) is 3. The molecular weight excluding hydrogens is 462 g/mol. The van der Waals surface area contributed by atoms with Crippen molar-refractivity contribution in [1.29, 1.82) is 0 Å². The maximum atomic E-state index is 13.6.